The molecule has 0 aliphatic rings. The van der Waals surface area contributed by atoms with Crippen LogP contribution < -0.4 is 4.74 Å². The molecule has 0 amide bonds. The molecule has 0 spiro atoms. The molecule has 0 aliphatic carbocycles. The van der Waals surface area contributed by atoms with Crippen LogP contribution in [0.3, 0.4) is 0 Å². The summed E-state index contributed by atoms with van der Waals surface area (Å²) < 4.78 is 5.39. The van der Waals surface area contributed by atoms with E-state index in [1.165, 1.54) is 0 Å². The molecular formula is C18H17NO2. The molecule has 0 saturated heterocycles. The van der Waals surface area contributed by atoms with Crippen molar-refractivity contribution in [2.75, 3.05) is 7.11 Å². The maximum Gasteiger partial charge on any atom is 0.125 e. The summed E-state index contributed by atoms with van der Waals surface area (Å²) in [5.74, 6) is 0.675. The second kappa shape index (κ2) is 5.19. The number of ether oxygens (including phenoxy) is 1. The van der Waals surface area contributed by atoms with Gasteiger partial charge in [0.15, 0.2) is 0 Å². The van der Waals surface area contributed by atoms with Crippen LogP contribution in [-0.2, 0) is 5.60 Å². The molecule has 1 heterocycles. The van der Waals surface area contributed by atoms with Gasteiger partial charge in [0.1, 0.15) is 11.4 Å². The molecule has 0 radical (unpaired) electrons. The van der Waals surface area contributed by atoms with Crippen LogP contribution in [0.4, 0.5) is 0 Å². The van der Waals surface area contributed by atoms with Crippen LogP contribution in [0, 0.1) is 0 Å². The Labute approximate surface area is 123 Å². The quantitative estimate of drug-likeness (QED) is 0.798. The van der Waals surface area contributed by atoms with E-state index in [-0.39, 0.29) is 0 Å². The molecular weight excluding hydrogens is 262 g/mol. The lowest BCUT2D eigenvalue weighted by Crippen LogP contribution is -2.24. The molecule has 3 aromatic rings. The Morgan fingerprint density at radius 2 is 1.76 bits per heavy atom. The normalized spacial score (nSPS) is 13.9. The molecule has 0 fully saturated rings. The van der Waals surface area contributed by atoms with E-state index in [0.717, 1.165) is 21.9 Å². The van der Waals surface area contributed by atoms with Crippen molar-refractivity contribution in [2.45, 2.75) is 12.5 Å². The summed E-state index contributed by atoms with van der Waals surface area (Å²) in [5.41, 5.74) is 0.441. The topological polar surface area (TPSA) is 42.4 Å². The van der Waals surface area contributed by atoms with E-state index >= 15 is 0 Å². The Morgan fingerprint density at radius 3 is 2.57 bits per heavy atom. The molecule has 3 rings (SSSR count). The summed E-state index contributed by atoms with van der Waals surface area (Å²) in [5, 5.41) is 13.2. The fourth-order valence-electron chi connectivity index (χ4n) is 2.74. The molecule has 21 heavy (non-hydrogen) atoms. The smallest absolute Gasteiger partial charge is 0.125 e. The van der Waals surface area contributed by atoms with Crippen molar-refractivity contribution in [1.29, 1.82) is 0 Å². The highest BCUT2D eigenvalue weighted by Gasteiger charge is 2.30. The molecule has 3 heteroatoms. The Kier molecular flexibility index (Phi) is 3.35. The largest absolute Gasteiger partial charge is 0.496 e. The molecule has 106 valence electrons. The zero-order valence-corrected chi connectivity index (χ0v) is 12.1. The zero-order valence-electron chi connectivity index (χ0n) is 12.1. The molecule has 3 nitrogen and oxygen atoms in total. The fraction of sp³-hybridized carbons (Fsp3) is 0.167. The summed E-state index contributed by atoms with van der Waals surface area (Å²) in [7, 11) is 1.61. The van der Waals surface area contributed by atoms with Gasteiger partial charge in [0, 0.05) is 23.3 Å². The van der Waals surface area contributed by atoms with E-state index in [1.807, 2.05) is 48.5 Å². The highest BCUT2D eigenvalue weighted by molar-refractivity contribution is 5.86. The number of fused-ring (bicyclic) bond motifs is 1. The third-order valence-electron chi connectivity index (χ3n) is 3.84. The summed E-state index contributed by atoms with van der Waals surface area (Å²) >= 11 is 0. The summed E-state index contributed by atoms with van der Waals surface area (Å²) in [6, 6.07) is 15.3. The third-order valence-corrected chi connectivity index (χ3v) is 3.84. The lowest BCUT2D eigenvalue weighted by molar-refractivity contribution is 0.101. The lowest BCUT2D eigenvalue weighted by Gasteiger charge is -2.27. The average Bonchev–Trinajstić information content (AvgIpc) is 2.54. The van der Waals surface area contributed by atoms with E-state index in [9.17, 15) is 5.11 Å². The maximum absolute atomic E-state index is 11.2. The maximum atomic E-state index is 11.2. The van der Waals surface area contributed by atoms with Crippen LogP contribution >= 0.6 is 0 Å². The fourth-order valence-corrected chi connectivity index (χ4v) is 2.74. The monoisotopic (exact) mass is 279 g/mol. The van der Waals surface area contributed by atoms with Crippen LogP contribution in [0.1, 0.15) is 18.1 Å². The van der Waals surface area contributed by atoms with Crippen LogP contribution in [0.25, 0.3) is 10.8 Å². The van der Waals surface area contributed by atoms with Crippen LogP contribution in [0.2, 0.25) is 0 Å². The first kappa shape index (κ1) is 13.6. The van der Waals surface area contributed by atoms with Gasteiger partial charge < -0.3 is 9.84 Å². The number of aliphatic hydroxyl groups is 1. The minimum atomic E-state index is -1.15. The Morgan fingerprint density at radius 1 is 1.00 bits per heavy atom. The van der Waals surface area contributed by atoms with Gasteiger partial charge in [0.05, 0.1) is 7.11 Å². The van der Waals surface area contributed by atoms with Crippen molar-refractivity contribution in [3.8, 4) is 5.75 Å². The number of para-hydroxylation sites is 1. The first-order valence-corrected chi connectivity index (χ1v) is 6.83. The van der Waals surface area contributed by atoms with Crippen LogP contribution in [0.15, 0.2) is 60.9 Å². The standard InChI is InChI=1S/C18H17NO2/c1-18(20,16-7-3-4-9-17(16)21-2)15-8-5-6-13-12-19-11-10-14(13)15/h3-12,20H,1-2H3. The number of rotatable bonds is 3. The molecule has 0 bridgehead atoms. The molecule has 1 atom stereocenters. The summed E-state index contributed by atoms with van der Waals surface area (Å²) in [6.45, 7) is 1.79. The van der Waals surface area contributed by atoms with Crippen LogP contribution in [0.5, 0.6) is 5.75 Å². The number of hydrogen-bond acceptors (Lipinski definition) is 3. The summed E-state index contributed by atoms with van der Waals surface area (Å²) in [6.07, 6.45) is 3.54. The van der Waals surface area contributed by atoms with Crippen molar-refractivity contribution in [2.24, 2.45) is 0 Å². The predicted molar refractivity (Wildman–Crippen MR) is 83.4 cm³/mol. The van der Waals surface area contributed by atoms with Gasteiger partial charge in [-0.05, 0) is 30.0 Å². The van der Waals surface area contributed by atoms with Crippen molar-refractivity contribution >= 4 is 10.8 Å². The van der Waals surface area contributed by atoms with Crippen molar-refractivity contribution in [3.05, 3.63) is 72.1 Å². The van der Waals surface area contributed by atoms with Crippen molar-refractivity contribution < 1.29 is 9.84 Å². The van der Waals surface area contributed by atoms with Gasteiger partial charge >= 0.3 is 0 Å². The van der Waals surface area contributed by atoms with E-state index in [2.05, 4.69) is 4.98 Å². The zero-order chi connectivity index (χ0) is 14.9. The van der Waals surface area contributed by atoms with Gasteiger partial charge in [-0.25, -0.2) is 0 Å². The molecule has 1 aromatic heterocycles. The predicted octanol–water partition coefficient (Wildman–Crippen LogP) is 3.50. The highest BCUT2D eigenvalue weighted by atomic mass is 16.5. The summed E-state index contributed by atoms with van der Waals surface area (Å²) in [4.78, 5) is 4.14. The van der Waals surface area contributed by atoms with Gasteiger partial charge in [0.25, 0.3) is 0 Å². The number of pyridine rings is 1. The molecule has 1 unspecified atom stereocenters. The highest BCUT2D eigenvalue weighted by Crippen LogP contribution is 2.38. The first-order valence-electron chi connectivity index (χ1n) is 6.83. The molecule has 0 aliphatic heterocycles. The Balaban J connectivity index is 2.25. The Hall–Kier alpha value is -2.39. The van der Waals surface area contributed by atoms with E-state index in [0.29, 0.717) is 5.75 Å². The van der Waals surface area contributed by atoms with Gasteiger partial charge in [-0.15, -0.1) is 0 Å². The molecule has 2 aromatic carbocycles. The number of benzene rings is 2. The van der Waals surface area contributed by atoms with Gasteiger partial charge in [-0.2, -0.15) is 0 Å². The second-order valence-electron chi connectivity index (χ2n) is 5.17. The second-order valence-corrected chi connectivity index (χ2v) is 5.17. The third kappa shape index (κ3) is 2.26. The minimum Gasteiger partial charge on any atom is -0.496 e. The average molecular weight is 279 g/mol. The van der Waals surface area contributed by atoms with Gasteiger partial charge in [-0.3, -0.25) is 4.98 Å². The van der Waals surface area contributed by atoms with E-state index in [4.69, 9.17) is 4.74 Å². The number of hydrogen-bond donors (Lipinski definition) is 1. The molecule has 0 saturated carbocycles. The number of methoxy groups -OCH3 is 1. The first-order chi connectivity index (χ1) is 10.1. The van der Waals surface area contributed by atoms with Crippen LogP contribution in [-0.4, -0.2) is 17.2 Å². The number of aromatic nitrogens is 1. The number of nitrogens with zero attached hydrogens (tertiary/aromatic N) is 1. The lowest BCUT2D eigenvalue weighted by atomic mass is 9.85. The van der Waals surface area contributed by atoms with Crippen molar-refractivity contribution in [3.63, 3.8) is 0 Å². The Bertz CT molecular complexity index is 776. The van der Waals surface area contributed by atoms with Gasteiger partial charge in [-0.1, -0.05) is 36.4 Å². The van der Waals surface area contributed by atoms with Crippen molar-refractivity contribution in [1.82, 2.24) is 4.98 Å². The van der Waals surface area contributed by atoms with Gasteiger partial charge in [0.2, 0.25) is 0 Å². The molecule has 1 N–H and O–H groups in total. The van der Waals surface area contributed by atoms with E-state index in [1.54, 1.807) is 26.4 Å². The minimum absolute atomic E-state index is 0.675. The van der Waals surface area contributed by atoms with E-state index < -0.39 is 5.60 Å². The SMILES string of the molecule is COc1ccccc1C(C)(O)c1cccc2cnccc12.